The van der Waals surface area contributed by atoms with Gasteiger partial charge in [-0.1, -0.05) is 477 Å². The van der Waals surface area contributed by atoms with Crippen molar-refractivity contribution in [2.24, 2.45) is 0 Å². The van der Waals surface area contributed by atoms with E-state index < -0.39 is 0 Å². The van der Waals surface area contributed by atoms with Gasteiger partial charge in [0.2, 0.25) is 0 Å². The summed E-state index contributed by atoms with van der Waals surface area (Å²) < 4.78 is 36.9. The second kappa shape index (κ2) is 35.3. The van der Waals surface area contributed by atoms with Crippen molar-refractivity contribution in [3.05, 3.63) is 497 Å². The van der Waals surface area contributed by atoms with E-state index >= 15 is 0 Å². The van der Waals surface area contributed by atoms with Crippen LogP contribution in [0.2, 0.25) is 0 Å². The van der Waals surface area contributed by atoms with Crippen molar-refractivity contribution in [3.63, 3.8) is 0 Å². The summed E-state index contributed by atoms with van der Waals surface area (Å²) >= 11 is 0. The molecule has 0 aliphatic rings. The quantitative estimate of drug-likeness (QED) is 0.128. The van der Waals surface area contributed by atoms with Crippen LogP contribution in [0, 0.1) is 0 Å². The molecule has 0 saturated carbocycles. The standard InChI is InChI=1S/C48H30O.2C42H26O.3CH4/c1-2-11-31(12-3-1)32-21-23-33(24-22-32)34-25-27-36(28-26-34)45-38-15-6-8-17-40(38)46(41-18-9-7-16-39(41)45)42-19-10-20-44-47(42)43-30-29-35-13-4-5-14-37(35)48(43)49-44;1-2-11-27(12-3-1)28-21-23-30(24-22-28)39-32-15-6-8-17-34(32)40(35-18-9-7-16-33(35)39)36-19-10-20-38-41(36)37-26-25-29-13-4-5-14-31(29)42(37)43-38;1-2-12-27(13-3-1)30-15-6-7-17-32(30)41-35-20-10-8-18-33(35)40(34-19-9-11-21-36(34)41)29-23-25-39-38(26-29)37-24-22-28-14-4-5-16-31(28)42(37)43-39;;;/h1-30H;2*1-26H;3*1H4/i;;;3*1D. The SMILES string of the molecule is [2H]C.[2H]C.[2H]C.c1ccc(-c2ccc(-c3c4ccccc4c(-c4cccc5oc6c7ccccc7ccc6c45)c4ccccc34)cc2)cc1.c1ccc(-c2ccc(-c3ccc(-c4c5ccccc5c(-c5cccc6oc7c8ccccc8ccc7c56)c5ccccc45)cc3)cc2)cc1.c1ccc(-c2ccccc2-c2c3ccccc3c(-c3ccc4oc5c6ccccc6ccc5c4c3)c3ccccc23)cc1. The van der Waals surface area contributed by atoms with Gasteiger partial charge in [-0.25, -0.2) is 0 Å². The van der Waals surface area contributed by atoms with Crippen LogP contribution in [0.5, 0.6) is 0 Å². The molecule has 0 N–H and O–H groups in total. The first-order valence-corrected chi connectivity index (χ1v) is 46.4. The number of furan rings is 3. The second-order valence-electron chi connectivity index (χ2n) is 35.3. The largest absolute Gasteiger partial charge is 0.455 e. The molecule has 0 radical (unpaired) electrons. The number of hydrogen-bond acceptors (Lipinski definition) is 3. The average molecular weight is 1770 g/mol. The molecular weight excluding hydrogens is 1670 g/mol. The van der Waals surface area contributed by atoms with E-state index in [1.807, 2.05) is 0 Å². The summed E-state index contributed by atoms with van der Waals surface area (Å²) in [7, 11) is 3.75. The summed E-state index contributed by atoms with van der Waals surface area (Å²) in [6, 6.07) is 179. The maximum absolute atomic E-state index is 6.62. The summed E-state index contributed by atoms with van der Waals surface area (Å²) in [6.07, 6.45) is 0. The zero-order valence-corrected chi connectivity index (χ0v) is 76.6. The zero-order chi connectivity index (χ0) is 95.0. The van der Waals surface area contributed by atoms with Crippen LogP contribution in [0.3, 0.4) is 0 Å². The Balaban J connectivity index is 0.000000115. The maximum atomic E-state index is 6.62. The van der Waals surface area contributed by atoms with E-state index in [1.165, 1.54) is 220 Å². The molecule has 3 aromatic heterocycles. The molecule has 0 amide bonds. The van der Waals surface area contributed by atoms with Gasteiger partial charge in [0.25, 0.3) is 0 Å². The molecule has 3 heterocycles. The first-order chi connectivity index (χ1) is 70.0. The smallest absolute Gasteiger partial charge is 0.143 e. The molecule has 3 nitrogen and oxygen atoms in total. The number of benzene rings is 25. The van der Waals surface area contributed by atoms with Crippen LogP contribution in [0.25, 0.3) is 274 Å². The van der Waals surface area contributed by atoms with Crippen LogP contribution < -0.4 is 0 Å². The van der Waals surface area contributed by atoms with Gasteiger partial charge in [-0.05, 0) is 235 Å². The topological polar surface area (TPSA) is 39.4 Å². The summed E-state index contributed by atoms with van der Waals surface area (Å²) in [5, 5.41) is 28.9. The minimum absolute atomic E-state index is 0.911. The van der Waals surface area contributed by atoms with Gasteiger partial charge >= 0.3 is 0 Å². The third-order valence-corrected chi connectivity index (χ3v) is 27.8. The first-order valence-electron chi connectivity index (χ1n) is 49.4. The lowest BCUT2D eigenvalue weighted by molar-refractivity contribution is 0.672. The van der Waals surface area contributed by atoms with Crippen LogP contribution in [0.4, 0.5) is 0 Å². The lowest BCUT2D eigenvalue weighted by Gasteiger charge is -2.19. The Morgan fingerprint density at radius 3 is 0.725 bits per heavy atom. The van der Waals surface area contributed by atoms with Gasteiger partial charge in [-0.3, -0.25) is 0 Å². The van der Waals surface area contributed by atoms with Crippen LogP contribution in [-0.4, -0.2) is 0 Å². The van der Waals surface area contributed by atoms with Gasteiger partial charge in [0.1, 0.15) is 33.5 Å². The van der Waals surface area contributed by atoms with Crippen molar-refractivity contribution < 1.29 is 17.4 Å². The molecule has 0 saturated heterocycles. The highest BCUT2D eigenvalue weighted by Crippen LogP contribution is 2.53. The fourth-order valence-electron chi connectivity index (χ4n) is 21.7. The molecule has 28 rings (SSSR count). The van der Waals surface area contributed by atoms with Gasteiger partial charge < -0.3 is 13.3 Å². The molecule has 0 unspecified atom stereocenters. The average Bonchev–Trinajstić information content (AvgIpc) is 1.66. The molecular formula is C135H94O3. The number of fused-ring (bicyclic) bond motifs is 21. The molecule has 28 aromatic rings. The highest BCUT2D eigenvalue weighted by Gasteiger charge is 2.27. The van der Waals surface area contributed by atoms with E-state index in [9.17, 15) is 0 Å². The predicted molar refractivity (Wildman–Crippen MR) is 593 cm³/mol. The Labute approximate surface area is 805 Å². The van der Waals surface area contributed by atoms with Crippen molar-refractivity contribution in [1.82, 2.24) is 0 Å². The minimum Gasteiger partial charge on any atom is -0.455 e. The lowest BCUT2D eigenvalue weighted by Crippen LogP contribution is -1.92. The lowest BCUT2D eigenvalue weighted by atomic mass is 9.83. The second-order valence-corrected chi connectivity index (χ2v) is 35.3. The van der Waals surface area contributed by atoms with Crippen molar-refractivity contribution in [2.75, 3.05) is 0 Å². The molecule has 0 atom stereocenters. The number of hydrogen-bond donors (Lipinski definition) is 0. The van der Waals surface area contributed by atoms with Crippen LogP contribution in [0.1, 0.15) is 26.3 Å². The fraction of sp³-hybridized carbons (Fsp3) is 0.0222. The molecule has 652 valence electrons. The monoisotopic (exact) mass is 1770 g/mol. The Hall–Kier alpha value is -17.8. The maximum Gasteiger partial charge on any atom is 0.143 e. The van der Waals surface area contributed by atoms with Crippen LogP contribution in [0.15, 0.2) is 511 Å². The summed E-state index contributed by atoms with van der Waals surface area (Å²) in [5.41, 5.74) is 30.2. The summed E-state index contributed by atoms with van der Waals surface area (Å²) in [5.74, 6) is 0. The Kier molecular flexibility index (Phi) is 20.7. The van der Waals surface area contributed by atoms with E-state index in [4.69, 9.17) is 17.4 Å². The molecule has 25 aromatic carbocycles. The molecule has 138 heavy (non-hydrogen) atoms. The molecule has 3 heteroatoms. The van der Waals surface area contributed by atoms with Crippen LogP contribution in [-0.2, 0) is 0 Å². The Morgan fingerprint density at radius 2 is 0.370 bits per heavy atom. The van der Waals surface area contributed by atoms with Crippen molar-refractivity contribution in [1.29, 1.82) is 0 Å². The van der Waals surface area contributed by atoms with E-state index in [0.717, 1.165) is 76.6 Å². The molecule has 0 aliphatic carbocycles. The van der Waals surface area contributed by atoms with Crippen molar-refractivity contribution in [3.8, 4) is 111 Å². The van der Waals surface area contributed by atoms with Gasteiger partial charge in [-0.2, -0.15) is 0 Å². The van der Waals surface area contributed by atoms with E-state index in [1.54, 1.807) is 0 Å². The van der Waals surface area contributed by atoms with Gasteiger partial charge in [0.05, 0.1) is 0 Å². The van der Waals surface area contributed by atoms with Gasteiger partial charge in [0.15, 0.2) is 0 Å². The van der Waals surface area contributed by atoms with Crippen molar-refractivity contribution in [2.45, 2.75) is 22.2 Å². The van der Waals surface area contributed by atoms with Crippen LogP contribution >= 0.6 is 0 Å². The summed E-state index contributed by atoms with van der Waals surface area (Å²) in [4.78, 5) is 0. The van der Waals surface area contributed by atoms with E-state index in [-0.39, 0.29) is 0 Å². The van der Waals surface area contributed by atoms with E-state index in [2.05, 4.69) is 497 Å². The normalized spacial score (nSPS) is 11.6. The third kappa shape index (κ3) is 14.2. The fourth-order valence-corrected chi connectivity index (χ4v) is 21.7. The Bertz CT molecular complexity index is 9430. The first kappa shape index (κ1) is 81.0. The van der Waals surface area contributed by atoms with Gasteiger partial charge in [0, 0.05) is 52.6 Å². The van der Waals surface area contributed by atoms with Crippen molar-refractivity contribution >= 4 is 163 Å². The predicted octanol–water partition coefficient (Wildman–Crippen LogP) is 39.7. The molecule has 0 spiro atoms. The molecule has 0 bridgehead atoms. The zero-order valence-electron chi connectivity index (χ0n) is 79.6. The number of rotatable bonds is 10. The minimum atomic E-state index is 0.911. The van der Waals surface area contributed by atoms with Gasteiger partial charge in [-0.15, -0.1) is 0 Å². The Morgan fingerprint density at radius 1 is 0.130 bits per heavy atom. The van der Waals surface area contributed by atoms with E-state index in [0.29, 0.717) is 0 Å². The molecule has 0 aliphatic heterocycles. The summed E-state index contributed by atoms with van der Waals surface area (Å²) in [6.45, 7) is 0. The highest BCUT2D eigenvalue weighted by atomic mass is 16.3. The third-order valence-electron chi connectivity index (χ3n) is 27.8. The highest BCUT2D eigenvalue weighted by molar-refractivity contribution is 6.31. The molecule has 0 fully saturated rings.